The van der Waals surface area contributed by atoms with Crippen LogP contribution in [0.4, 0.5) is 0 Å². The van der Waals surface area contributed by atoms with Crippen molar-refractivity contribution in [3.8, 4) is 0 Å². The van der Waals surface area contributed by atoms with Crippen molar-refractivity contribution >= 4 is 5.97 Å². The van der Waals surface area contributed by atoms with Crippen LogP contribution in [-0.4, -0.2) is 12.1 Å². The van der Waals surface area contributed by atoms with Gasteiger partial charge in [0.15, 0.2) is 0 Å². The van der Waals surface area contributed by atoms with Crippen LogP contribution >= 0.6 is 0 Å². The third-order valence-corrected chi connectivity index (χ3v) is 7.12. The number of cyclic esters (lactones) is 1. The molecule has 25 heavy (non-hydrogen) atoms. The van der Waals surface area contributed by atoms with Crippen LogP contribution in [-0.2, 0) is 16.1 Å². The van der Waals surface area contributed by atoms with E-state index in [1.807, 2.05) is 0 Å². The lowest BCUT2D eigenvalue weighted by atomic mass is 9.67. The molecule has 2 saturated carbocycles. The maximum absolute atomic E-state index is 11.0. The number of esters is 1. The van der Waals surface area contributed by atoms with Crippen molar-refractivity contribution in [2.24, 2.45) is 23.5 Å². The summed E-state index contributed by atoms with van der Waals surface area (Å²) in [4.78, 5) is 11.0. The highest BCUT2D eigenvalue weighted by Gasteiger charge is 2.39. The molecular weight excluding hydrogens is 310 g/mol. The standard InChI is InChI=1S/C22H31NO2/c23-14-15-1-3-16(4-2-15)17-5-7-18(8-6-17)19-9-11-20(12-10-19)21-13-22(24)25-21/h1-4,17-21H,5-14,23H2/t17-,18-,19?,20?,21?. The summed E-state index contributed by atoms with van der Waals surface area (Å²) >= 11 is 0. The van der Waals surface area contributed by atoms with Crippen molar-refractivity contribution in [1.82, 2.24) is 0 Å². The number of carbonyl (C=O) groups excluding carboxylic acids is 1. The zero-order valence-electron chi connectivity index (χ0n) is 15.2. The van der Waals surface area contributed by atoms with Crippen LogP contribution in [0, 0.1) is 17.8 Å². The minimum absolute atomic E-state index is 0.00458. The summed E-state index contributed by atoms with van der Waals surface area (Å²) in [5.41, 5.74) is 8.44. The van der Waals surface area contributed by atoms with E-state index in [4.69, 9.17) is 10.5 Å². The van der Waals surface area contributed by atoms with E-state index >= 15 is 0 Å². The van der Waals surface area contributed by atoms with Crippen LogP contribution in [0.2, 0.25) is 0 Å². The Balaban J connectivity index is 1.24. The molecule has 3 heteroatoms. The number of hydrogen-bond donors (Lipinski definition) is 1. The first-order valence-electron chi connectivity index (χ1n) is 10.2. The molecule has 136 valence electrons. The number of ether oxygens (including phenoxy) is 1. The van der Waals surface area contributed by atoms with Gasteiger partial charge in [0.25, 0.3) is 0 Å². The predicted molar refractivity (Wildman–Crippen MR) is 99.0 cm³/mol. The first kappa shape index (κ1) is 17.1. The topological polar surface area (TPSA) is 52.3 Å². The minimum atomic E-state index is 0.00458. The zero-order valence-corrected chi connectivity index (χ0v) is 15.2. The smallest absolute Gasteiger partial charge is 0.309 e. The molecule has 1 aliphatic heterocycles. The fourth-order valence-corrected chi connectivity index (χ4v) is 5.42. The minimum Gasteiger partial charge on any atom is -0.461 e. The Bertz CT molecular complexity index is 573. The third kappa shape index (κ3) is 3.76. The van der Waals surface area contributed by atoms with E-state index in [2.05, 4.69) is 24.3 Å². The van der Waals surface area contributed by atoms with Gasteiger partial charge in [-0.05, 0) is 86.2 Å². The van der Waals surface area contributed by atoms with E-state index in [1.54, 1.807) is 0 Å². The fourth-order valence-electron chi connectivity index (χ4n) is 5.42. The average molecular weight is 341 g/mol. The molecule has 4 rings (SSSR count). The van der Waals surface area contributed by atoms with Gasteiger partial charge in [-0.1, -0.05) is 24.3 Å². The van der Waals surface area contributed by atoms with Crippen molar-refractivity contribution in [2.45, 2.75) is 76.4 Å². The fraction of sp³-hybridized carbons (Fsp3) is 0.682. The molecule has 1 aromatic carbocycles. The molecule has 0 bridgehead atoms. The second-order valence-electron chi connectivity index (χ2n) is 8.46. The third-order valence-electron chi connectivity index (χ3n) is 7.12. The Morgan fingerprint density at radius 1 is 0.840 bits per heavy atom. The lowest BCUT2D eigenvalue weighted by Crippen LogP contribution is -2.41. The van der Waals surface area contributed by atoms with Gasteiger partial charge in [0, 0.05) is 6.54 Å². The highest BCUT2D eigenvalue weighted by atomic mass is 16.6. The summed E-state index contributed by atoms with van der Waals surface area (Å²) in [5.74, 6) is 3.22. The van der Waals surface area contributed by atoms with Crippen molar-refractivity contribution in [2.75, 3.05) is 0 Å². The second-order valence-corrected chi connectivity index (χ2v) is 8.46. The Kier molecular flexibility index (Phi) is 5.12. The van der Waals surface area contributed by atoms with Crippen LogP contribution in [0.15, 0.2) is 24.3 Å². The molecule has 2 aliphatic carbocycles. The van der Waals surface area contributed by atoms with Gasteiger partial charge in [-0.25, -0.2) is 0 Å². The molecule has 3 fully saturated rings. The molecule has 1 heterocycles. The van der Waals surface area contributed by atoms with Crippen molar-refractivity contribution < 1.29 is 9.53 Å². The van der Waals surface area contributed by atoms with Crippen LogP contribution in [0.25, 0.3) is 0 Å². The van der Waals surface area contributed by atoms with Crippen molar-refractivity contribution in [1.29, 1.82) is 0 Å². The average Bonchev–Trinajstić information content (AvgIpc) is 2.66. The molecular formula is C22H31NO2. The number of hydrogen-bond acceptors (Lipinski definition) is 3. The van der Waals surface area contributed by atoms with E-state index in [1.165, 1.54) is 62.5 Å². The maximum atomic E-state index is 11.0. The Labute approximate surface area is 151 Å². The number of rotatable bonds is 4. The van der Waals surface area contributed by atoms with E-state index < -0.39 is 0 Å². The quantitative estimate of drug-likeness (QED) is 0.818. The van der Waals surface area contributed by atoms with Gasteiger partial charge in [0.05, 0.1) is 6.42 Å². The number of carbonyl (C=O) groups is 1. The highest BCUT2D eigenvalue weighted by molar-refractivity contribution is 5.75. The molecule has 0 spiro atoms. The van der Waals surface area contributed by atoms with Gasteiger partial charge < -0.3 is 10.5 Å². The van der Waals surface area contributed by atoms with E-state index in [0.717, 1.165) is 17.8 Å². The lowest BCUT2D eigenvalue weighted by Gasteiger charge is -2.41. The van der Waals surface area contributed by atoms with Gasteiger partial charge in [-0.15, -0.1) is 0 Å². The molecule has 1 aromatic rings. The Morgan fingerprint density at radius 2 is 1.36 bits per heavy atom. The summed E-state index contributed by atoms with van der Waals surface area (Å²) in [6.07, 6.45) is 11.6. The highest BCUT2D eigenvalue weighted by Crippen LogP contribution is 2.45. The monoisotopic (exact) mass is 341 g/mol. The summed E-state index contributed by atoms with van der Waals surface area (Å²) in [6.45, 7) is 0.635. The number of nitrogens with two attached hydrogens (primary N) is 1. The van der Waals surface area contributed by atoms with Gasteiger partial charge >= 0.3 is 5.97 Å². The van der Waals surface area contributed by atoms with Gasteiger partial charge in [0.2, 0.25) is 0 Å². The van der Waals surface area contributed by atoms with Gasteiger partial charge in [-0.2, -0.15) is 0 Å². The molecule has 0 amide bonds. The van der Waals surface area contributed by atoms with Crippen LogP contribution in [0.3, 0.4) is 0 Å². The largest absolute Gasteiger partial charge is 0.461 e. The second kappa shape index (κ2) is 7.49. The molecule has 3 nitrogen and oxygen atoms in total. The Morgan fingerprint density at radius 3 is 1.88 bits per heavy atom. The molecule has 1 atom stereocenters. The summed E-state index contributed by atoms with van der Waals surface area (Å²) in [7, 11) is 0. The first-order chi connectivity index (χ1) is 12.2. The summed E-state index contributed by atoms with van der Waals surface area (Å²) in [5, 5.41) is 0. The van der Waals surface area contributed by atoms with Gasteiger partial charge in [-0.3, -0.25) is 4.79 Å². The van der Waals surface area contributed by atoms with E-state index in [9.17, 15) is 4.79 Å². The first-order valence-corrected chi connectivity index (χ1v) is 10.2. The molecule has 2 N–H and O–H groups in total. The molecule has 3 aliphatic rings. The predicted octanol–water partition coefficient (Wildman–Crippen LogP) is 4.54. The lowest BCUT2D eigenvalue weighted by molar-refractivity contribution is -0.176. The zero-order chi connectivity index (χ0) is 17.2. The molecule has 0 radical (unpaired) electrons. The van der Waals surface area contributed by atoms with Crippen molar-refractivity contribution in [3.63, 3.8) is 0 Å². The van der Waals surface area contributed by atoms with E-state index in [-0.39, 0.29) is 12.1 Å². The van der Waals surface area contributed by atoms with Crippen LogP contribution in [0.5, 0.6) is 0 Å². The van der Waals surface area contributed by atoms with Crippen LogP contribution in [0.1, 0.15) is 74.8 Å². The van der Waals surface area contributed by atoms with E-state index in [0.29, 0.717) is 18.9 Å². The molecule has 1 unspecified atom stereocenters. The Hall–Kier alpha value is -1.35. The summed E-state index contributed by atoms with van der Waals surface area (Å²) in [6, 6.07) is 8.96. The SMILES string of the molecule is NCc1ccc([C@H]2CC[C@H](C3CCC(C4CC(=O)O4)CC3)CC2)cc1. The maximum Gasteiger partial charge on any atom is 0.309 e. The molecule has 0 aromatic heterocycles. The summed E-state index contributed by atoms with van der Waals surface area (Å²) < 4.78 is 5.29. The molecule has 1 saturated heterocycles. The normalized spacial score (nSPS) is 35.7. The van der Waals surface area contributed by atoms with Crippen LogP contribution < -0.4 is 5.73 Å². The van der Waals surface area contributed by atoms with Gasteiger partial charge in [0.1, 0.15) is 6.10 Å². The number of benzene rings is 1. The van der Waals surface area contributed by atoms with Crippen molar-refractivity contribution in [3.05, 3.63) is 35.4 Å².